The number of carbonyl (C=O) groups is 2. The Morgan fingerprint density at radius 3 is 2.41 bits per heavy atom. The number of aromatic nitrogens is 4. The summed E-state index contributed by atoms with van der Waals surface area (Å²) in [5, 5.41) is 16.5. The van der Waals surface area contributed by atoms with Gasteiger partial charge in [0.05, 0.1) is 20.5 Å². The number of carboxylic acids is 1. The summed E-state index contributed by atoms with van der Waals surface area (Å²) in [7, 11) is 3.91. The van der Waals surface area contributed by atoms with Crippen LogP contribution in [0.3, 0.4) is 0 Å². The molecule has 1 saturated heterocycles. The Morgan fingerprint density at radius 2 is 1.79 bits per heavy atom. The maximum Gasteiger partial charge on any atom is 0.321 e. The summed E-state index contributed by atoms with van der Waals surface area (Å²) in [5.41, 5.74) is 2.76. The number of urea groups is 1. The molecule has 0 spiro atoms. The topological polar surface area (TPSA) is 136 Å². The number of hydrogen-bond donors (Lipinski definition) is 3. The standard InChI is InChI=1S/C26H30N8O3S2/c1-5-27-23(37)32-24-31-18-11-15(10-17(20(18)39-24)19-14-30-25(38-19)33(3)4)16-12-28-22(29-13-16)34-8-6-26(2,7-9-34)21(35)36/h10-14H,5-9H2,1-4H3,(H,35,36)(H2,27,31,32,37). The number of amides is 2. The van der Waals surface area contributed by atoms with Gasteiger partial charge in [0, 0.05) is 63.4 Å². The lowest BCUT2D eigenvalue weighted by atomic mass is 9.80. The van der Waals surface area contributed by atoms with Crippen molar-refractivity contribution in [2.45, 2.75) is 26.7 Å². The maximum absolute atomic E-state index is 12.1. The second-order valence-electron chi connectivity index (χ2n) is 9.90. The maximum atomic E-state index is 12.1. The van der Waals surface area contributed by atoms with Crippen LogP contribution in [0.2, 0.25) is 0 Å². The minimum atomic E-state index is -0.755. The first-order chi connectivity index (χ1) is 18.7. The van der Waals surface area contributed by atoms with E-state index < -0.39 is 11.4 Å². The van der Waals surface area contributed by atoms with Crippen LogP contribution in [0.1, 0.15) is 26.7 Å². The highest BCUT2D eigenvalue weighted by Gasteiger charge is 2.37. The Kier molecular flexibility index (Phi) is 7.36. The third-order valence-corrected chi connectivity index (χ3v) is 9.05. The van der Waals surface area contributed by atoms with Gasteiger partial charge in [0.1, 0.15) is 0 Å². The molecule has 4 heterocycles. The number of aliphatic carboxylic acids is 1. The van der Waals surface area contributed by atoms with Gasteiger partial charge in [-0.05, 0) is 44.4 Å². The van der Waals surface area contributed by atoms with E-state index in [1.807, 2.05) is 43.1 Å². The molecule has 0 unspecified atom stereocenters. The Bertz CT molecular complexity index is 1510. The zero-order valence-corrected chi connectivity index (χ0v) is 23.8. The Balaban J connectivity index is 1.48. The lowest BCUT2D eigenvalue weighted by Crippen LogP contribution is -2.43. The first kappa shape index (κ1) is 26.8. The summed E-state index contributed by atoms with van der Waals surface area (Å²) in [6, 6.07) is 3.77. The van der Waals surface area contributed by atoms with Gasteiger partial charge in [-0.1, -0.05) is 22.7 Å². The fourth-order valence-corrected chi connectivity index (χ4v) is 6.28. The van der Waals surface area contributed by atoms with Gasteiger partial charge in [0.2, 0.25) is 5.95 Å². The van der Waals surface area contributed by atoms with Crippen molar-refractivity contribution >= 4 is 61.1 Å². The molecule has 4 aromatic rings. The molecule has 13 heteroatoms. The van der Waals surface area contributed by atoms with Crippen molar-refractivity contribution in [2.24, 2.45) is 5.41 Å². The highest BCUT2D eigenvalue weighted by Crippen LogP contribution is 2.41. The SMILES string of the molecule is CCNC(=O)Nc1nc2cc(-c3cnc(N4CCC(C)(C(=O)O)CC4)nc3)cc(-c3cnc(N(C)C)s3)c2s1. The molecule has 5 rings (SSSR count). The first-order valence-corrected chi connectivity index (χ1v) is 14.2. The van der Waals surface area contributed by atoms with E-state index >= 15 is 0 Å². The number of nitrogens with one attached hydrogen (secondary N) is 2. The third-order valence-electron chi connectivity index (χ3n) is 6.83. The molecular weight excluding hydrogens is 536 g/mol. The van der Waals surface area contributed by atoms with Crippen LogP contribution >= 0.6 is 22.7 Å². The second-order valence-corrected chi connectivity index (χ2v) is 11.9. The molecule has 204 valence electrons. The van der Waals surface area contributed by atoms with Crippen LogP contribution in [0.4, 0.5) is 21.0 Å². The largest absolute Gasteiger partial charge is 0.481 e. The molecule has 0 saturated carbocycles. The molecule has 3 aromatic heterocycles. The number of carboxylic acid groups (broad SMARTS) is 1. The Labute approximate surface area is 233 Å². The summed E-state index contributed by atoms with van der Waals surface area (Å²) in [4.78, 5) is 47.2. The fourth-order valence-electron chi connectivity index (χ4n) is 4.38. The van der Waals surface area contributed by atoms with E-state index in [0.717, 1.165) is 36.9 Å². The van der Waals surface area contributed by atoms with Gasteiger partial charge < -0.3 is 20.2 Å². The summed E-state index contributed by atoms with van der Waals surface area (Å²) in [6.07, 6.45) is 6.53. The van der Waals surface area contributed by atoms with E-state index in [9.17, 15) is 14.7 Å². The molecule has 1 aliphatic rings. The fraction of sp³-hybridized carbons (Fsp3) is 0.385. The van der Waals surface area contributed by atoms with Crippen LogP contribution in [0, 0.1) is 5.41 Å². The van der Waals surface area contributed by atoms with E-state index in [-0.39, 0.29) is 6.03 Å². The van der Waals surface area contributed by atoms with E-state index in [1.54, 1.807) is 30.7 Å². The smallest absolute Gasteiger partial charge is 0.321 e. The van der Waals surface area contributed by atoms with E-state index in [4.69, 9.17) is 4.98 Å². The molecule has 0 bridgehead atoms. The van der Waals surface area contributed by atoms with E-state index in [2.05, 4.69) is 31.7 Å². The highest BCUT2D eigenvalue weighted by molar-refractivity contribution is 7.24. The second kappa shape index (κ2) is 10.7. The van der Waals surface area contributed by atoms with E-state index in [0.29, 0.717) is 43.6 Å². The molecule has 0 radical (unpaired) electrons. The van der Waals surface area contributed by atoms with Crippen LogP contribution in [0.25, 0.3) is 31.8 Å². The zero-order chi connectivity index (χ0) is 27.7. The van der Waals surface area contributed by atoms with Gasteiger partial charge in [-0.15, -0.1) is 0 Å². The zero-order valence-electron chi connectivity index (χ0n) is 22.2. The van der Waals surface area contributed by atoms with Crippen molar-refractivity contribution in [2.75, 3.05) is 48.8 Å². The van der Waals surface area contributed by atoms with Crippen molar-refractivity contribution in [3.05, 3.63) is 30.7 Å². The predicted molar refractivity (Wildman–Crippen MR) is 156 cm³/mol. The minimum absolute atomic E-state index is 0.295. The molecule has 39 heavy (non-hydrogen) atoms. The predicted octanol–water partition coefficient (Wildman–Crippen LogP) is 4.78. The minimum Gasteiger partial charge on any atom is -0.481 e. The highest BCUT2D eigenvalue weighted by atomic mass is 32.1. The van der Waals surface area contributed by atoms with Gasteiger partial charge >= 0.3 is 12.0 Å². The normalized spacial score (nSPS) is 14.8. The van der Waals surface area contributed by atoms with Crippen molar-refractivity contribution in [3.8, 4) is 21.6 Å². The third kappa shape index (κ3) is 5.50. The van der Waals surface area contributed by atoms with Gasteiger partial charge in [-0.25, -0.2) is 24.7 Å². The van der Waals surface area contributed by atoms with Crippen LogP contribution in [0.5, 0.6) is 0 Å². The average molecular weight is 567 g/mol. The van der Waals surface area contributed by atoms with Gasteiger partial charge in [-0.3, -0.25) is 10.1 Å². The van der Waals surface area contributed by atoms with Crippen LogP contribution < -0.4 is 20.4 Å². The lowest BCUT2D eigenvalue weighted by molar-refractivity contribution is -0.149. The van der Waals surface area contributed by atoms with Crippen molar-refractivity contribution in [3.63, 3.8) is 0 Å². The number of hydrogen-bond acceptors (Lipinski definition) is 10. The first-order valence-electron chi connectivity index (χ1n) is 12.6. The van der Waals surface area contributed by atoms with Crippen molar-refractivity contribution < 1.29 is 14.7 Å². The number of carbonyl (C=O) groups excluding carboxylic acids is 1. The Morgan fingerprint density at radius 1 is 1.08 bits per heavy atom. The summed E-state index contributed by atoms with van der Waals surface area (Å²) >= 11 is 3.00. The summed E-state index contributed by atoms with van der Waals surface area (Å²) < 4.78 is 0.951. The lowest BCUT2D eigenvalue weighted by Gasteiger charge is -2.36. The molecule has 2 amide bonds. The quantitative estimate of drug-likeness (QED) is 0.289. The van der Waals surface area contributed by atoms with Gasteiger partial charge in [0.25, 0.3) is 0 Å². The molecule has 0 atom stereocenters. The van der Waals surface area contributed by atoms with E-state index in [1.165, 1.54) is 11.3 Å². The van der Waals surface area contributed by atoms with Crippen LogP contribution in [-0.4, -0.2) is 70.8 Å². The number of rotatable bonds is 7. The Hall–Kier alpha value is -3.84. The number of thiazole rings is 2. The number of benzene rings is 1. The van der Waals surface area contributed by atoms with Gasteiger partial charge in [0.15, 0.2) is 10.3 Å². The monoisotopic (exact) mass is 566 g/mol. The summed E-state index contributed by atoms with van der Waals surface area (Å²) in [5.74, 6) is -0.165. The molecule has 11 nitrogen and oxygen atoms in total. The molecule has 0 aliphatic carbocycles. The van der Waals surface area contributed by atoms with Crippen molar-refractivity contribution in [1.29, 1.82) is 0 Å². The molecule has 1 aliphatic heterocycles. The molecule has 3 N–H and O–H groups in total. The summed E-state index contributed by atoms with van der Waals surface area (Å²) in [6.45, 7) is 5.37. The van der Waals surface area contributed by atoms with Crippen LogP contribution in [-0.2, 0) is 4.79 Å². The molecule has 1 aromatic carbocycles. The average Bonchev–Trinajstić information content (AvgIpc) is 3.56. The number of fused-ring (bicyclic) bond motifs is 1. The number of nitrogens with zero attached hydrogens (tertiary/aromatic N) is 6. The molecule has 1 fully saturated rings. The number of piperidine rings is 1. The van der Waals surface area contributed by atoms with Crippen molar-refractivity contribution in [1.82, 2.24) is 25.3 Å². The number of anilines is 3. The molecular formula is C26H30N8O3S2. The van der Waals surface area contributed by atoms with Gasteiger partial charge in [-0.2, -0.15) is 0 Å². The van der Waals surface area contributed by atoms with Crippen LogP contribution in [0.15, 0.2) is 30.7 Å².